The van der Waals surface area contributed by atoms with Gasteiger partial charge in [0.15, 0.2) is 0 Å². The van der Waals surface area contributed by atoms with Gasteiger partial charge in [-0.3, -0.25) is 4.79 Å². The van der Waals surface area contributed by atoms with E-state index >= 15 is 0 Å². The zero-order valence-electron chi connectivity index (χ0n) is 10.4. The van der Waals surface area contributed by atoms with Crippen molar-refractivity contribution >= 4 is 5.91 Å². The molecule has 0 saturated carbocycles. The van der Waals surface area contributed by atoms with Crippen LogP contribution in [0, 0.1) is 11.8 Å². The number of rotatable bonds is 5. The summed E-state index contributed by atoms with van der Waals surface area (Å²) in [6, 6.07) is 0. The summed E-state index contributed by atoms with van der Waals surface area (Å²) in [6.45, 7) is 6.05. The Balaban J connectivity index is 2.36. The van der Waals surface area contributed by atoms with E-state index in [4.69, 9.17) is 5.73 Å². The van der Waals surface area contributed by atoms with Crippen molar-refractivity contribution in [3.05, 3.63) is 0 Å². The van der Waals surface area contributed by atoms with Crippen LogP contribution in [0.4, 0.5) is 0 Å². The van der Waals surface area contributed by atoms with Crippen molar-refractivity contribution in [1.82, 2.24) is 4.90 Å². The van der Waals surface area contributed by atoms with Gasteiger partial charge in [-0.05, 0) is 31.2 Å². The summed E-state index contributed by atoms with van der Waals surface area (Å²) in [5.41, 5.74) is 5.68. The van der Waals surface area contributed by atoms with Crippen LogP contribution in [-0.4, -0.2) is 41.7 Å². The number of aliphatic hydroxyl groups is 1. The third kappa shape index (κ3) is 4.10. The Morgan fingerprint density at radius 2 is 2.25 bits per heavy atom. The topological polar surface area (TPSA) is 66.6 Å². The maximum absolute atomic E-state index is 11.9. The number of β-amino-alcohol motifs (C(OH)–C–C–N with tert-alkyl or cyclic N) is 1. The van der Waals surface area contributed by atoms with Crippen molar-refractivity contribution in [2.24, 2.45) is 17.6 Å². The van der Waals surface area contributed by atoms with Crippen LogP contribution in [-0.2, 0) is 4.79 Å². The Bertz CT molecular complexity index is 231. The number of amides is 1. The molecule has 0 aromatic heterocycles. The summed E-state index contributed by atoms with van der Waals surface area (Å²) in [4.78, 5) is 13.7. The molecule has 0 bridgehead atoms. The molecule has 0 aliphatic carbocycles. The zero-order chi connectivity index (χ0) is 12.1. The van der Waals surface area contributed by atoms with Crippen molar-refractivity contribution < 1.29 is 9.90 Å². The lowest BCUT2D eigenvalue weighted by molar-refractivity contribution is -0.131. The van der Waals surface area contributed by atoms with E-state index in [1.165, 1.54) is 0 Å². The summed E-state index contributed by atoms with van der Waals surface area (Å²) in [7, 11) is 0. The van der Waals surface area contributed by atoms with Crippen LogP contribution in [0.3, 0.4) is 0 Å². The first-order chi connectivity index (χ1) is 7.52. The molecule has 1 heterocycles. The number of carbonyl (C=O) groups is 1. The highest BCUT2D eigenvalue weighted by Crippen LogP contribution is 2.18. The molecule has 0 aromatic carbocycles. The van der Waals surface area contributed by atoms with Crippen LogP contribution < -0.4 is 5.73 Å². The smallest absolute Gasteiger partial charge is 0.222 e. The van der Waals surface area contributed by atoms with Crippen LogP contribution in [0.2, 0.25) is 0 Å². The zero-order valence-corrected chi connectivity index (χ0v) is 10.4. The van der Waals surface area contributed by atoms with Gasteiger partial charge in [0.25, 0.3) is 0 Å². The molecule has 1 rings (SSSR count). The summed E-state index contributed by atoms with van der Waals surface area (Å²) in [5, 5.41) is 9.37. The van der Waals surface area contributed by atoms with Crippen LogP contribution in [0.5, 0.6) is 0 Å². The van der Waals surface area contributed by atoms with E-state index in [0.717, 1.165) is 6.42 Å². The predicted molar refractivity (Wildman–Crippen MR) is 63.8 cm³/mol. The molecule has 0 radical (unpaired) electrons. The molecule has 4 nitrogen and oxygen atoms in total. The average Bonchev–Trinajstić information content (AvgIpc) is 2.63. The second-order valence-corrected chi connectivity index (χ2v) is 5.22. The van der Waals surface area contributed by atoms with Crippen molar-refractivity contribution in [2.45, 2.75) is 39.2 Å². The Hall–Kier alpha value is -0.610. The Morgan fingerprint density at radius 1 is 1.56 bits per heavy atom. The lowest BCUT2D eigenvalue weighted by Crippen LogP contribution is -2.32. The number of hydrogen-bond acceptors (Lipinski definition) is 3. The van der Waals surface area contributed by atoms with Crippen molar-refractivity contribution in [2.75, 3.05) is 19.6 Å². The van der Waals surface area contributed by atoms with Crippen LogP contribution in [0.25, 0.3) is 0 Å². The molecule has 1 saturated heterocycles. The minimum atomic E-state index is -0.328. The number of carbonyl (C=O) groups excluding carboxylic acids is 1. The van der Waals surface area contributed by atoms with Crippen LogP contribution >= 0.6 is 0 Å². The van der Waals surface area contributed by atoms with Gasteiger partial charge >= 0.3 is 0 Å². The second kappa shape index (κ2) is 6.21. The molecule has 0 spiro atoms. The number of nitrogens with zero attached hydrogens (tertiary/aromatic N) is 1. The van der Waals surface area contributed by atoms with Gasteiger partial charge in [-0.25, -0.2) is 0 Å². The molecule has 3 N–H and O–H groups in total. The molecule has 1 aliphatic rings. The summed E-state index contributed by atoms with van der Waals surface area (Å²) in [6.07, 6.45) is 1.91. The molecule has 1 aliphatic heterocycles. The van der Waals surface area contributed by atoms with E-state index < -0.39 is 0 Å². The minimum Gasteiger partial charge on any atom is -0.391 e. The van der Waals surface area contributed by atoms with Gasteiger partial charge in [0, 0.05) is 19.5 Å². The first kappa shape index (κ1) is 13.5. The Labute approximate surface area is 97.8 Å². The number of nitrogens with two attached hydrogens (primary N) is 1. The minimum absolute atomic E-state index is 0.146. The first-order valence-electron chi connectivity index (χ1n) is 6.18. The maximum atomic E-state index is 11.9. The van der Waals surface area contributed by atoms with E-state index in [9.17, 15) is 9.90 Å². The number of hydrogen-bond donors (Lipinski definition) is 2. The second-order valence-electron chi connectivity index (χ2n) is 5.22. The Morgan fingerprint density at radius 3 is 2.69 bits per heavy atom. The lowest BCUT2D eigenvalue weighted by atomic mass is 9.94. The predicted octanol–water partition coefficient (Wildman–Crippen LogP) is 0.591. The van der Waals surface area contributed by atoms with E-state index in [1.807, 2.05) is 0 Å². The molecule has 16 heavy (non-hydrogen) atoms. The Kier molecular flexibility index (Phi) is 5.22. The highest BCUT2D eigenvalue weighted by molar-refractivity contribution is 5.76. The van der Waals surface area contributed by atoms with Gasteiger partial charge in [-0.15, -0.1) is 0 Å². The molecule has 1 amide bonds. The van der Waals surface area contributed by atoms with Gasteiger partial charge in [0.1, 0.15) is 0 Å². The standard InChI is InChI=1S/C12H24N2O2/c1-9(2)5-10(7-13)6-12(16)14-4-3-11(15)8-14/h9-11,15H,3-8,13H2,1-2H3/t10-,11?/m0/s1. The lowest BCUT2D eigenvalue weighted by Gasteiger charge is -2.21. The van der Waals surface area contributed by atoms with Crippen molar-refractivity contribution in [1.29, 1.82) is 0 Å². The maximum Gasteiger partial charge on any atom is 0.222 e. The highest BCUT2D eigenvalue weighted by atomic mass is 16.3. The average molecular weight is 228 g/mol. The monoisotopic (exact) mass is 228 g/mol. The fourth-order valence-electron chi connectivity index (χ4n) is 2.27. The van der Waals surface area contributed by atoms with Gasteiger partial charge in [-0.2, -0.15) is 0 Å². The third-order valence-corrected chi connectivity index (χ3v) is 3.12. The third-order valence-electron chi connectivity index (χ3n) is 3.12. The van der Waals surface area contributed by atoms with Gasteiger partial charge in [0.05, 0.1) is 6.10 Å². The molecule has 4 heteroatoms. The SMILES string of the molecule is CC(C)C[C@H](CN)CC(=O)N1CCC(O)C1. The first-order valence-corrected chi connectivity index (χ1v) is 6.18. The largest absolute Gasteiger partial charge is 0.391 e. The fourth-order valence-corrected chi connectivity index (χ4v) is 2.27. The fraction of sp³-hybridized carbons (Fsp3) is 0.917. The summed E-state index contributed by atoms with van der Waals surface area (Å²) < 4.78 is 0. The van der Waals surface area contributed by atoms with E-state index in [2.05, 4.69) is 13.8 Å². The summed E-state index contributed by atoms with van der Waals surface area (Å²) in [5.74, 6) is 1.00. The molecule has 1 unspecified atom stereocenters. The molecular formula is C12H24N2O2. The molecular weight excluding hydrogens is 204 g/mol. The van der Waals surface area contributed by atoms with Gasteiger partial charge in [-0.1, -0.05) is 13.8 Å². The van der Waals surface area contributed by atoms with E-state index in [1.54, 1.807) is 4.90 Å². The molecule has 0 aromatic rings. The quantitative estimate of drug-likeness (QED) is 0.724. The normalized spacial score (nSPS) is 22.8. The van der Waals surface area contributed by atoms with Crippen molar-refractivity contribution in [3.8, 4) is 0 Å². The highest BCUT2D eigenvalue weighted by Gasteiger charge is 2.26. The number of likely N-dealkylation sites (tertiary alicyclic amines) is 1. The van der Waals surface area contributed by atoms with Gasteiger partial charge in [0.2, 0.25) is 5.91 Å². The van der Waals surface area contributed by atoms with Crippen molar-refractivity contribution in [3.63, 3.8) is 0 Å². The van der Waals surface area contributed by atoms with Crippen LogP contribution in [0.1, 0.15) is 33.1 Å². The molecule has 2 atom stereocenters. The molecule has 94 valence electrons. The van der Waals surface area contributed by atoms with E-state index in [0.29, 0.717) is 38.4 Å². The van der Waals surface area contributed by atoms with Gasteiger partial charge < -0.3 is 15.7 Å². The molecule has 1 fully saturated rings. The van der Waals surface area contributed by atoms with Crippen LogP contribution in [0.15, 0.2) is 0 Å². The summed E-state index contributed by atoms with van der Waals surface area (Å²) >= 11 is 0. The van der Waals surface area contributed by atoms with E-state index in [-0.39, 0.29) is 17.9 Å². The number of aliphatic hydroxyl groups excluding tert-OH is 1.